The molecule has 0 spiro atoms. The van der Waals surface area contributed by atoms with Gasteiger partial charge in [-0.25, -0.2) is 9.78 Å². The summed E-state index contributed by atoms with van der Waals surface area (Å²) >= 11 is 1.31. The molecule has 3 rings (SSSR count). The molecule has 0 radical (unpaired) electrons. The maximum Gasteiger partial charge on any atom is 0.350 e. The number of carbonyl (C=O) groups excluding carboxylic acids is 2. The van der Waals surface area contributed by atoms with Crippen LogP contribution in [0.5, 0.6) is 0 Å². The monoisotopic (exact) mass is 322 g/mol. The molecule has 22 heavy (non-hydrogen) atoms. The van der Waals surface area contributed by atoms with Crippen LogP contribution in [-0.4, -0.2) is 23.5 Å². The summed E-state index contributed by atoms with van der Waals surface area (Å²) in [6.45, 7) is 5.85. The number of hydrogen-bond donors (Lipinski definition) is 1. The first-order valence-electron chi connectivity index (χ1n) is 7.97. The molecule has 4 atom stereocenters. The van der Waals surface area contributed by atoms with Crippen LogP contribution in [0, 0.1) is 24.7 Å². The number of nitrogens with one attached hydrogen (secondary N) is 1. The van der Waals surface area contributed by atoms with Crippen molar-refractivity contribution >= 4 is 23.2 Å². The van der Waals surface area contributed by atoms with E-state index in [1.807, 2.05) is 6.92 Å². The SMILES string of the molecule is CCOC(=O)c1sc([C@@H](C)NC(=O)C2[C@H]3CCC[C@@H]23)nc1C. The smallest absolute Gasteiger partial charge is 0.350 e. The fourth-order valence-corrected chi connectivity index (χ4v) is 4.53. The van der Waals surface area contributed by atoms with E-state index in [9.17, 15) is 9.59 Å². The van der Waals surface area contributed by atoms with E-state index in [1.165, 1.54) is 30.6 Å². The van der Waals surface area contributed by atoms with Gasteiger partial charge in [0.05, 0.1) is 18.3 Å². The lowest BCUT2D eigenvalue weighted by Gasteiger charge is -2.12. The predicted octanol–water partition coefficient (Wildman–Crippen LogP) is 2.85. The zero-order chi connectivity index (χ0) is 15.9. The third-order valence-electron chi connectivity index (χ3n) is 4.71. The molecule has 2 saturated carbocycles. The summed E-state index contributed by atoms with van der Waals surface area (Å²) in [5.41, 5.74) is 0.669. The summed E-state index contributed by atoms with van der Waals surface area (Å²) in [7, 11) is 0. The van der Waals surface area contributed by atoms with Crippen LogP contribution in [0.4, 0.5) is 0 Å². The minimum absolute atomic E-state index is 0.146. The Labute approximate surface area is 134 Å². The number of ether oxygens (including phenoxy) is 1. The Balaban J connectivity index is 1.62. The zero-order valence-electron chi connectivity index (χ0n) is 13.2. The second-order valence-electron chi connectivity index (χ2n) is 6.20. The molecule has 1 aromatic rings. The first-order valence-corrected chi connectivity index (χ1v) is 8.79. The standard InChI is InChI=1S/C16H22N2O3S/c1-4-21-16(20)13-8(2)18-15(22-13)9(3)17-14(19)12-10-6-5-7-11(10)12/h9-12H,4-7H2,1-3H3,(H,17,19)/t9-,10-,11+,12?/m1/s1. The van der Waals surface area contributed by atoms with Gasteiger partial charge in [-0.15, -0.1) is 11.3 Å². The minimum atomic E-state index is -0.334. The van der Waals surface area contributed by atoms with Gasteiger partial charge in [-0.1, -0.05) is 6.42 Å². The van der Waals surface area contributed by atoms with Crippen molar-refractivity contribution in [2.75, 3.05) is 6.61 Å². The summed E-state index contributed by atoms with van der Waals surface area (Å²) in [6.07, 6.45) is 3.66. The van der Waals surface area contributed by atoms with Crippen molar-refractivity contribution in [2.45, 2.75) is 46.1 Å². The van der Waals surface area contributed by atoms with E-state index in [-0.39, 0.29) is 23.8 Å². The van der Waals surface area contributed by atoms with Crippen LogP contribution in [-0.2, 0) is 9.53 Å². The number of hydrogen-bond acceptors (Lipinski definition) is 5. The number of amides is 1. The summed E-state index contributed by atoms with van der Waals surface area (Å²) < 4.78 is 5.03. The Bertz CT molecular complexity index is 588. The number of fused-ring (bicyclic) bond motifs is 1. The second kappa shape index (κ2) is 5.99. The van der Waals surface area contributed by atoms with Crippen molar-refractivity contribution in [3.8, 4) is 0 Å². The normalized spacial score (nSPS) is 27.1. The summed E-state index contributed by atoms with van der Waals surface area (Å²) in [4.78, 5) is 29.1. The van der Waals surface area contributed by atoms with Crippen molar-refractivity contribution < 1.29 is 14.3 Å². The minimum Gasteiger partial charge on any atom is -0.462 e. The number of aryl methyl sites for hydroxylation is 1. The van der Waals surface area contributed by atoms with Crippen LogP contribution in [0.15, 0.2) is 0 Å². The van der Waals surface area contributed by atoms with Crippen LogP contribution in [0.25, 0.3) is 0 Å². The summed E-state index contributed by atoms with van der Waals surface area (Å²) in [5.74, 6) is 1.24. The number of nitrogens with zero attached hydrogens (tertiary/aromatic N) is 1. The van der Waals surface area contributed by atoms with Crippen molar-refractivity contribution in [3.63, 3.8) is 0 Å². The molecular weight excluding hydrogens is 300 g/mol. The van der Waals surface area contributed by atoms with Crippen molar-refractivity contribution in [2.24, 2.45) is 17.8 Å². The third-order valence-corrected chi connectivity index (χ3v) is 6.03. The van der Waals surface area contributed by atoms with Crippen LogP contribution in [0.3, 0.4) is 0 Å². The van der Waals surface area contributed by atoms with Crippen LogP contribution < -0.4 is 5.32 Å². The van der Waals surface area contributed by atoms with Gasteiger partial charge < -0.3 is 10.1 Å². The van der Waals surface area contributed by atoms with E-state index in [2.05, 4.69) is 10.3 Å². The predicted molar refractivity (Wildman–Crippen MR) is 83.7 cm³/mol. The molecule has 1 amide bonds. The Hall–Kier alpha value is -1.43. The number of rotatable bonds is 5. The quantitative estimate of drug-likeness (QED) is 0.846. The van der Waals surface area contributed by atoms with Crippen LogP contribution in [0.2, 0.25) is 0 Å². The third kappa shape index (κ3) is 2.76. The fourth-order valence-electron chi connectivity index (χ4n) is 3.57. The molecule has 120 valence electrons. The lowest BCUT2D eigenvalue weighted by molar-refractivity contribution is -0.123. The highest BCUT2D eigenvalue weighted by Gasteiger charge is 2.56. The highest BCUT2D eigenvalue weighted by molar-refractivity contribution is 7.13. The van der Waals surface area contributed by atoms with Gasteiger partial charge in [-0.3, -0.25) is 4.79 Å². The molecule has 0 saturated heterocycles. The highest BCUT2D eigenvalue weighted by atomic mass is 32.1. The Morgan fingerprint density at radius 2 is 2.09 bits per heavy atom. The topological polar surface area (TPSA) is 68.3 Å². The van der Waals surface area contributed by atoms with Gasteiger partial charge in [0, 0.05) is 5.92 Å². The van der Waals surface area contributed by atoms with Gasteiger partial charge in [0.1, 0.15) is 9.88 Å². The average Bonchev–Trinajstić information content (AvgIpc) is 2.83. The molecule has 1 unspecified atom stereocenters. The number of carbonyl (C=O) groups is 2. The zero-order valence-corrected chi connectivity index (χ0v) is 14.0. The number of esters is 1. The van der Waals surface area contributed by atoms with Gasteiger partial charge in [-0.05, 0) is 45.4 Å². The molecule has 2 aliphatic rings. The Morgan fingerprint density at radius 1 is 1.41 bits per heavy atom. The van der Waals surface area contributed by atoms with Crippen LogP contribution >= 0.6 is 11.3 Å². The first kappa shape index (κ1) is 15.5. The van der Waals surface area contributed by atoms with Gasteiger partial charge in [0.2, 0.25) is 5.91 Å². The van der Waals surface area contributed by atoms with E-state index in [1.54, 1.807) is 13.8 Å². The van der Waals surface area contributed by atoms with Crippen molar-refractivity contribution in [3.05, 3.63) is 15.6 Å². The molecule has 2 fully saturated rings. The fraction of sp³-hybridized carbons (Fsp3) is 0.688. The van der Waals surface area contributed by atoms with Crippen molar-refractivity contribution in [1.29, 1.82) is 0 Å². The second-order valence-corrected chi connectivity index (χ2v) is 7.23. The first-order chi connectivity index (χ1) is 10.5. The van der Waals surface area contributed by atoms with Crippen LogP contribution in [0.1, 0.15) is 59.5 Å². The molecule has 1 aromatic heterocycles. The van der Waals surface area contributed by atoms with E-state index >= 15 is 0 Å². The molecule has 5 nitrogen and oxygen atoms in total. The molecule has 6 heteroatoms. The molecule has 0 aliphatic heterocycles. The summed E-state index contributed by atoms with van der Waals surface area (Å²) in [6, 6.07) is -0.166. The van der Waals surface area contributed by atoms with Gasteiger partial charge in [0.15, 0.2) is 0 Å². The molecular formula is C16H22N2O3S. The highest BCUT2D eigenvalue weighted by Crippen LogP contribution is 2.57. The lowest BCUT2D eigenvalue weighted by Crippen LogP contribution is -2.29. The molecule has 2 aliphatic carbocycles. The van der Waals surface area contributed by atoms with E-state index in [0.717, 1.165) is 5.01 Å². The van der Waals surface area contributed by atoms with Gasteiger partial charge >= 0.3 is 5.97 Å². The maximum absolute atomic E-state index is 12.3. The maximum atomic E-state index is 12.3. The number of aromatic nitrogens is 1. The van der Waals surface area contributed by atoms with E-state index in [0.29, 0.717) is 29.0 Å². The lowest BCUT2D eigenvalue weighted by atomic mass is 10.1. The van der Waals surface area contributed by atoms with Gasteiger partial charge in [-0.2, -0.15) is 0 Å². The Kier molecular flexibility index (Phi) is 4.21. The average molecular weight is 322 g/mol. The van der Waals surface area contributed by atoms with E-state index in [4.69, 9.17) is 4.74 Å². The number of thiazole rings is 1. The van der Waals surface area contributed by atoms with E-state index < -0.39 is 0 Å². The molecule has 0 aromatic carbocycles. The van der Waals surface area contributed by atoms with Crippen molar-refractivity contribution in [1.82, 2.24) is 10.3 Å². The molecule has 1 heterocycles. The Morgan fingerprint density at radius 3 is 2.73 bits per heavy atom. The molecule has 0 bridgehead atoms. The van der Waals surface area contributed by atoms with Gasteiger partial charge in [0.25, 0.3) is 0 Å². The largest absolute Gasteiger partial charge is 0.462 e. The molecule has 1 N–H and O–H groups in total. The summed E-state index contributed by atoms with van der Waals surface area (Å²) in [5, 5.41) is 3.82.